The standard InChI is InChI=1S/C35H33FN4O4/c1-21-11-31-35(32(12-21)42-3)39-33(40(31)18-27-9-10-43-27)16-25-15-29(36)28(13-22(25)2)30-5-4-6-34(38-30)44-20-24-8-7-23(17-37)14-26(24)19-41/h4-8,11-15,27,41H,9-10,16,18-20H2,1-3H3. The van der Waals surface area contributed by atoms with Crippen LogP contribution in [-0.4, -0.2) is 39.5 Å². The molecule has 8 nitrogen and oxygen atoms in total. The van der Waals surface area contributed by atoms with Gasteiger partial charge in [-0.3, -0.25) is 0 Å². The monoisotopic (exact) mass is 592 g/mol. The first-order valence-corrected chi connectivity index (χ1v) is 14.5. The first-order valence-electron chi connectivity index (χ1n) is 14.5. The number of hydrogen-bond acceptors (Lipinski definition) is 7. The van der Waals surface area contributed by atoms with Crippen LogP contribution in [0.2, 0.25) is 0 Å². The summed E-state index contributed by atoms with van der Waals surface area (Å²) in [7, 11) is 1.65. The zero-order valence-electron chi connectivity index (χ0n) is 24.9. The van der Waals surface area contributed by atoms with Crippen LogP contribution in [0, 0.1) is 31.0 Å². The molecule has 1 atom stereocenters. The normalized spacial score (nSPS) is 14.3. The molecule has 0 amide bonds. The Morgan fingerprint density at radius 1 is 1.07 bits per heavy atom. The van der Waals surface area contributed by atoms with Crippen LogP contribution in [0.4, 0.5) is 4.39 Å². The molecule has 0 spiro atoms. The fraction of sp³-hybridized carbons (Fsp3) is 0.286. The van der Waals surface area contributed by atoms with E-state index in [0.29, 0.717) is 47.0 Å². The summed E-state index contributed by atoms with van der Waals surface area (Å²) in [5, 5.41) is 18.8. The molecule has 3 aromatic carbocycles. The number of hydrogen-bond donors (Lipinski definition) is 1. The van der Waals surface area contributed by atoms with Crippen LogP contribution in [0.3, 0.4) is 0 Å². The molecule has 0 aliphatic carbocycles. The second kappa shape index (κ2) is 12.4. The largest absolute Gasteiger partial charge is 0.494 e. The number of aryl methyl sites for hydroxylation is 2. The van der Waals surface area contributed by atoms with Crippen molar-refractivity contribution in [2.24, 2.45) is 0 Å². The molecule has 5 aromatic rings. The number of pyridine rings is 1. The second-order valence-electron chi connectivity index (χ2n) is 11.1. The van der Waals surface area contributed by atoms with Crippen LogP contribution in [0.5, 0.6) is 11.6 Å². The number of nitrogens with zero attached hydrogens (tertiary/aromatic N) is 4. The summed E-state index contributed by atoms with van der Waals surface area (Å²) in [5.74, 6) is 1.48. The number of aliphatic hydroxyl groups excluding tert-OH is 1. The molecule has 1 aliphatic heterocycles. The first kappa shape index (κ1) is 29.3. The maximum Gasteiger partial charge on any atom is 0.214 e. The molecule has 1 fully saturated rings. The van der Waals surface area contributed by atoms with Gasteiger partial charge in [-0.1, -0.05) is 12.1 Å². The number of aromatic nitrogens is 3. The molecule has 0 bridgehead atoms. The molecule has 0 saturated carbocycles. The molecule has 9 heteroatoms. The van der Waals surface area contributed by atoms with Gasteiger partial charge in [-0.05, 0) is 90.6 Å². The highest BCUT2D eigenvalue weighted by Gasteiger charge is 2.24. The topological polar surface area (TPSA) is 102 Å². The SMILES string of the molecule is COc1cc(C)cc2c1nc(Cc1cc(F)c(-c3cccc(OCc4ccc(C#N)cc4CO)n3)cc1C)n2CC1CCO1. The molecule has 2 aromatic heterocycles. The number of benzene rings is 3. The van der Waals surface area contributed by atoms with Gasteiger partial charge in [-0.15, -0.1) is 0 Å². The number of halogens is 1. The summed E-state index contributed by atoms with van der Waals surface area (Å²) in [5.41, 5.74) is 7.24. The highest BCUT2D eigenvalue weighted by molar-refractivity contribution is 5.83. The molecule has 3 heterocycles. The predicted molar refractivity (Wildman–Crippen MR) is 164 cm³/mol. The van der Waals surface area contributed by atoms with Gasteiger partial charge in [0.25, 0.3) is 0 Å². The fourth-order valence-corrected chi connectivity index (χ4v) is 5.56. The van der Waals surface area contributed by atoms with E-state index in [2.05, 4.69) is 21.7 Å². The van der Waals surface area contributed by atoms with Crippen molar-refractivity contribution in [1.82, 2.24) is 14.5 Å². The van der Waals surface area contributed by atoms with Crippen molar-refractivity contribution < 1.29 is 23.7 Å². The lowest BCUT2D eigenvalue weighted by Gasteiger charge is -2.27. The number of ether oxygens (including phenoxy) is 3. The highest BCUT2D eigenvalue weighted by atomic mass is 19.1. The Labute approximate surface area is 255 Å². The lowest BCUT2D eigenvalue weighted by atomic mass is 9.99. The number of aliphatic hydroxyl groups is 1. The summed E-state index contributed by atoms with van der Waals surface area (Å²) in [6.45, 7) is 5.38. The summed E-state index contributed by atoms with van der Waals surface area (Å²) in [6, 6.07) is 19.8. The van der Waals surface area contributed by atoms with E-state index in [1.54, 1.807) is 49.6 Å². The van der Waals surface area contributed by atoms with Gasteiger partial charge in [0.05, 0.1) is 49.2 Å². The summed E-state index contributed by atoms with van der Waals surface area (Å²) >= 11 is 0. The van der Waals surface area contributed by atoms with Gasteiger partial charge in [0.15, 0.2) is 0 Å². The average Bonchev–Trinajstić information content (AvgIpc) is 3.35. The smallest absolute Gasteiger partial charge is 0.214 e. The van der Waals surface area contributed by atoms with Gasteiger partial charge in [0.2, 0.25) is 5.88 Å². The molecular weight excluding hydrogens is 559 g/mol. The van der Waals surface area contributed by atoms with Gasteiger partial charge < -0.3 is 23.9 Å². The van der Waals surface area contributed by atoms with Crippen molar-refractivity contribution in [2.75, 3.05) is 13.7 Å². The summed E-state index contributed by atoms with van der Waals surface area (Å²) < 4.78 is 35.2. The quantitative estimate of drug-likeness (QED) is 0.206. The van der Waals surface area contributed by atoms with Crippen molar-refractivity contribution in [1.29, 1.82) is 5.26 Å². The molecule has 6 rings (SSSR count). The first-order chi connectivity index (χ1) is 21.4. The van der Waals surface area contributed by atoms with Crippen LogP contribution >= 0.6 is 0 Å². The van der Waals surface area contributed by atoms with Crippen molar-refractivity contribution in [3.05, 3.63) is 106 Å². The highest BCUT2D eigenvalue weighted by Crippen LogP contribution is 2.32. The minimum Gasteiger partial charge on any atom is -0.494 e. The van der Waals surface area contributed by atoms with E-state index >= 15 is 4.39 Å². The molecule has 224 valence electrons. The summed E-state index contributed by atoms with van der Waals surface area (Å²) in [4.78, 5) is 9.52. The van der Waals surface area contributed by atoms with Crippen molar-refractivity contribution in [2.45, 2.75) is 52.6 Å². The van der Waals surface area contributed by atoms with Crippen LogP contribution in [0.15, 0.2) is 60.7 Å². The molecule has 1 N–H and O–H groups in total. The maximum atomic E-state index is 15.7. The number of fused-ring (bicyclic) bond motifs is 1. The Morgan fingerprint density at radius 2 is 1.91 bits per heavy atom. The average molecular weight is 593 g/mol. The predicted octanol–water partition coefficient (Wildman–Crippen LogP) is 6.19. The molecule has 1 aliphatic rings. The van der Waals surface area contributed by atoms with Crippen LogP contribution in [0.25, 0.3) is 22.3 Å². The number of nitriles is 1. The van der Waals surface area contributed by atoms with Crippen molar-refractivity contribution in [3.8, 4) is 29.0 Å². The Kier molecular flexibility index (Phi) is 8.29. The van der Waals surface area contributed by atoms with Crippen LogP contribution < -0.4 is 9.47 Å². The Bertz CT molecular complexity index is 1890. The molecule has 1 unspecified atom stereocenters. The third-order valence-corrected chi connectivity index (χ3v) is 8.10. The Hall–Kier alpha value is -4.78. The van der Waals surface area contributed by atoms with Gasteiger partial charge >= 0.3 is 0 Å². The van der Waals surface area contributed by atoms with E-state index in [4.69, 9.17) is 24.5 Å². The number of rotatable bonds is 10. The summed E-state index contributed by atoms with van der Waals surface area (Å²) in [6.07, 6.45) is 1.57. The van der Waals surface area contributed by atoms with Crippen LogP contribution in [0.1, 0.15) is 45.6 Å². The Balaban J connectivity index is 1.27. The van der Waals surface area contributed by atoms with Gasteiger partial charge in [-0.25, -0.2) is 14.4 Å². The van der Waals surface area contributed by atoms with Crippen molar-refractivity contribution in [3.63, 3.8) is 0 Å². The van der Waals surface area contributed by atoms with Crippen LogP contribution in [-0.2, 0) is 30.9 Å². The lowest BCUT2D eigenvalue weighted by Crippen LogP contribution is -2.31. The van der Waals surface area contributed by atoms with E-state index in [9.17, 15) is 5.11 Å². The zero-order valence-corrected chi connectivity index (χ0v) is 24.9. The molecule has 1 saturated heterocycles. The third kappa shape index (κ3) is 5.87. The van der Waals surface area contributed by atoms with E-state index in [0.717, 1.165) is 52.1 Å². The van der Waals surface area contributed by atoms with E-state index in [1.165, 1.54) is 0 Å². The van der Waals surface area contributed by atoms with E-state index < -0.39 is 0 Å². The molecule has 0 radical (unpaired) electrons. The fourth-order valence-electron chi connectivity index (χ4n) is 5.56. The number of methoxy groups -OCH3 is 1. The van der Waals surface area contributed by atoms with Crippen molar-refractivity contribution >= 4 is 11.0 Å². The molecule has 44 heavy (non-hydrogen) atoms. The number of imidazole rings is 1. The van der Waals surface area contributed by atoms with Gasteiger partial charge in [0, 0.05) is 24.7 Å². The maximum absolute atomic E-state index is 15.7. The second-order valence-corrected chi connectivity index (χ2v) is 11.1. The minimum absolute atomic E-state index is 0.130. The van der Waals surface area contributed by atoms with E-state index in [1.807, 2.05) is 26.0 Å². The van der Waals surface area contributed by atoms with E-state index in [-0.39, 0.29) is 25.1 Å². The minimum atomic E-state index is -0.386. The van der Waals surface area contributed by atoms with Gasteiger partial charge in [-0.2, -0.15) is 5.26 Å². The zero-order chi connectivity index (χ0) is 30.8. The molecular formula is C35H33FN4O4. The lowest BCUT2D eigenvalue weighted by molar-refractivity contribution is -0.0589. The third-order valence-electron chi connectivity index (χ3n) is 8.10. The Morgan fingerprint density at radius 3 is 2.64 bits per heavy atom. The van der Waals surface area contributed by atoms with Gasteiger partial charge in [0.1, 0.15) is 29.5 Å².